The minimum Gasteiger partial charge on any atom is -0.349 e. The molecule has 1 fully saturated rings. The molecule has 1 atom stereocenters. The summed E-state index contributed by atoms with van der Waals surface area (Å²) in [5.41, 5.74) is 0. The van der Waals surface area contributed by atoms with Crippen molar-refractivity contribution in [2.75, 3.05) is 13.2 Å². The molecule has 1 rings (SSSR count). The molecule has 80 valence electrons. The summed E-state index contributed by atoms with van der Waals surface area (Å²) in [6, 6.07) is 0.574. The average molecular weight is 197 g/mol. The van der Waals surface area contributed by atoms with Gasteiger partial charge in [0.25, 0.3) is 0 Å². The Morgan fingerprint density at radius 1 is 1.50 bits per heavy atom. The lowest BCUT2D eigenvalue weighted by Crippen LogP contribution is -2.50. The quantitative estimate of drug-likeness (QED) is 0.688. The molecule has 0 aromatic rings. The first-order valence-electron chi connectivity index (χ1n) is 5.01. The lowest BCUT2D eigenvalue weighted by Gasteiger charge is -2.36. The molecule has 14 heavy (non-hydrogen) atoms. The lowest BCUT2D eigenvalue weighted by molar-refractivity contribution is -0.253. The van der Waals surface area contributed by atoms with E-state index in [-0.39, 0.29) is 6.04 Å². The molecular weight excluding hydrogens is 178 g/mol. The summed E-state index contributed by atoms with van der Waals surface area (Å²) in [4.78, 5) is 0. The molecule has 1 unspecified atom stereocenters. The molecule has 0 radical (unpaired) electrons. The second-order valence-electron chi connectivity index (χ2n) is 4.19. The maximum Gasteiger partial charge on any atom is 0.162 e. The first-order valence-corrected chi connectivity index (χ1v) is 5.01. The van der Waals surface area contributed by atoms with Gasteiger partial charge in [-0.2, -0.15) is 0 Å². The third-order valence-corrected chi connectivity index (χ3v) is 2.21. The van der Waals surface area contributed by atoms with E-state index >= 15 is 0 Å². The summed E-state index contributed by atoms with van der Waals surface area (Å²) < 4.78 is 11.0. The second-order valence-corrected chi connectivity index (χ2v) is 4.19. The summed E-state index contributed by atoms with van der Waals surface area (Å²) in [5, 5.41) is 3.36. The minimum absolute atomic E-state index is 0.256. The zero-order chi connectivity index (χ0) is 10.6. The van der Waals surface area contributed by atoms with Crippen LogP contribution in [-0.4, -0.2) is 31.1 Å². The SMILES string of the molecule is C#CCC(C)NC1COC(C)(C)OC1. The van der Waals surface area contributed by atoms with E-state index in [4.69, 9.17) is 15.9 Å². The van der Waals surface area contributed by atoms with Crippen LogP contribution in [0.2, 0.25) is 0 Å². The normalized spacial score (nSPS) is 24.1. The molecular formula is C11H19NO2. The van der Waals surface area contributed by atoms with Crippen molar-refractivity contribution < 1.29 is 9.47 Å². The highest BCUT2D eigenvalue weighted by molar-refractivity contribution is 4.89. The number of nitrogens with one attached hydrogen (secondary N) is 1. The van der Waals surface area contributed by atoms with Gasteiger partial charge in [0.1, 0.15) is 0 Å². The highest BCUT2D eigenvalue weighted by Crippen LogP contribution is 2.17. The van der Waals surface area contributed by atoms with E-state index in [1.54, 1.807) is 0 Å². The molecule has 0 aliphatic carbocycles. The summed E-state index contributed by atoms with van der Waals surface area (Å²) >= 11 is 0. The minimum atomic E-state index is -0.437. The first-order chi connectivity index (χ1) is 6.53. The smallest absolute Gasteiger partial charge is 0.162 e. The number of hydrogen-bond acceptors (Lipinski definition) is 3. The van der Waals surface area contributed by atoms with E-state index in [9.17, 15) is 0 Å². The van der Waals surface area contributed by atoms with Gasteiger partial charge in [-0.1, -0.05) is 0 Å². The molecule has 0 spiro atoms. The van der Waals surface area contributed by atoms with Crippen LogP contribution in [0.15, 0.2) is 0 Å². The molecule has 0 aromatic carbocycles. The highest BCUT2D eigenvalue weighted by atomic mass is 16.7. The van der Waals surface area contributed by atoms with Crippen molar-refractivity contribution in [2.24, 2.45) is 0 Å². The largest absolute Gasteiger partial charge is 0.349 e. The van der Waals surface area contributed by atoms with Crippen molar-refractivity contribution in [1.82, 2.24) is 5.32 Å². The molecule has 0 amide bonds. The standard InChI is InChI=1S/C11H19NO2/c1-5-6-9(2)12-10-7-13-11(3,4)14-8-10/h1,9-10,12H,6-8H2,2-4H3. The first kappa shape index (κ1) is 11.5. The van der Waals surface area contributed by atoms with E-state index in [0.29, 0.717) is 19.3 Å². The van der Waals surface area contributed by atoms with Gasteiger partial charge in [0.15, 0.2) is 5.79 Å². The fourth-order valence-corrected chi connectivity index (χ4v) is 1.43. The Morgan fingerprint density at radius 2 is 2.07 bits per heavy atom. The van der Waals surface area contributed by atoms with Gasteiger partial charge in [-0.15, -0.1) is 12.3 Å². The van der Waals surface area contributed by atoms with Gasteiger partial charge < -0.3 is 14.8 Å². The average Bonchev–Trinajstić information content (AvgIpc) is 2.09. The van der Waals surface area contributed by atoms with E-state index in [2.05, 4.69) is 18.2 Å². The Hall–Kier alpha value is -0.560. The van der Waals surface area contributed by atoms with Gasteiger partial charge in [-0.3, -0.25) is 0 Å². The highest BCUT2D eigenvalue weighted by Gasteiger charge is 2.28. The zero-order valence-corrected chi connectivity index (χ0v) is 9.17. The third-order valence-electron chi connectivity index (χ3n) is 2.21. The molecule has 1 heterocycles. The molecule has 3 heteroatoms. The van der Waals surface area contributed by atoms with Gasteiger partial charge in [-0.25, -0.2) is 0 Å². The van der Waals surface area contributed by atoms with Crippen molar-refractivity contribution in [1.29, 1.82) is 0 Å². The number of rotatable bonds is 3. The van der Waals surface area contributed by atoms with Crippen LogP contribution in [0.5, 0.6) is 0 Å². The third kappa shape index (κ3) is 3.67. The van der Waals surface area contributed by atoms with Crippen molar-refractivity contribution in [2.45, 2.75) is 45.1 Å². The molecule has 1 aliphatic heterocycles. The maximum absolute atomic E-state index is 5.52. The molecule has 1 aliphatic rings. The Morgan fingerprint density at radius 3 is 2.57 bits per heavy atom. The summed E-state index contributed by atoms with van der Waals surface area (Å²) in [6.07, 6.45) is 5.96. The molecule has 0 saturated carbocycles. The lowest BCUT2D eigenvalue weighted by atomic mass is 10.2. The summed E-state index contributed by atoms with van der Waals surface area (Å²) in [5.74, 6) is 2.19. The van der Waals surface area contributed by atoms with E-state index in [0.717, 1.165) is 6.42 Å². The fourth-order valence-electron chi connectivity index (χ4n) is 1.43. The van der Waals surface area contributed by atoms with E-state index in [1.807, 2.05) is 13.8 Å². The van der Waals surface area contributed by atoms with Crippen LogP contribution in [0.3, 0.4) is 0 Å². The van der Waals surface area contributed by atoms with Gasteiger partial charge in [0.2, 0.25) is 0 Å². The van der Waals surface area contributed by atoms with Gasteiger partial charge in [-0.05, 0) is 20.8 Å². The fraction of sp³-hybridized carbons (Fsp3) is 0.818. The van der Waals surface area contributed by atoms with Crippen molar-refractivity contribution >= 4 is 0 Å². The topological polar surface area (TPSA) is 30.5 Å². The van der Waals surface area contributed by atoms with Gasteiger partial charge >= 0.3 is 0 Å². The van der Waals surface area contributed by atoms with Crippen LogP contribution >= 0.6 is 0 Å². The van der Waals surface area contributed by atoms with Crippen LogP contribution in [0.4, 0.5) is 0 Å². The summed E-state index contributed by atoms with van der Waals surface area (Å²) in [6.45, 7) is 7.28. The maximum atomic E-state index is 5.52. The Kier molecular flexibility index (Phi) is 3.94. The Labute approximate surface area is 86.2 Å². The predicted octanol–water partition coefficient (Wildman–Crippen LogP) is 1.14. The predicted molar refractivity (Wildman–Crippen MR) is 55.8 cm³/mol. The van der Waals surface area contributed by atoms with Crippen LogP contribution in [-0.2, 0) is 9.47 Å². The summed E-state index contributed by atoms with van der Waals surface area (Å²) in [7, 11) is 0. The molecule has 1 N–H and O–H groups in total. The van der Waals surface area contributed by atoms with Crippen LogP contribution < -0.4 is 5.32 Å². The molecule has 3 nitrogen and oxygen atoms in total. The number of hydrogen-bond donors (Lipinski definition) is 1. The molecule has 1 saturated heterocycles. The van der Waals surface area contributed by atoms with Crippen LogP contribution in [0.1, 0.15) is 27.2 Å². The van der Waals surface area contributed by atoms with E-state index in [1.165, 1.54) is 0 Å². The van der Waals surface area contributed by atoms with Crippen molar-refractivity contribution in [3.8, 4) is 12.3 Å². The zero-order valence-electron chi connectivity index (χ0n) is 9.17. The number of terminal acetylenes is 1. The van der Waals surface area contributed by atoms with Crippen LogP contribution in [0, 0.1) is 12.3 Å². The van der Waals surface area contributed by atoms with Crippen LogP contribution in [0.25, 0.3) is 0 Å². The molecule has 0 bridgehead atoms. The van der Waals surface area contributed by atoms with Gasteiger partial charge in [0, 0.05) is 12.5 Å². The molecule has 0 aromatic heterocycles. The monoisotopic (exact) mass is 197 g/mol. The Bertz CT molecular complexity index is 210. The van der Waals surface area contributed by atoms with Gasteiger partial charge in [0.05, 0.1) is 19.3 Å². The Balaban J connectivity index is 2.26. The van der Waals surface area contributed by atoms with E-state index < -0.39 is 5.79 Å². The van der Waals surface area contributed by atoms with Crippen molar-refractivity contribution in [3.05, 3.63) is 0 Å². The second kappa shape index (κ2) is 4.79. The van der Waals surface area contributed by atoms with Crippen molar-refractivity contribution in [3.63, 3.8) is 0 Å². The number of ether oxygens (including phenoxy) is 2.